The van der Waals surface area contributed by atoms with Crippen LogP contribution in [-0.4, -0.2) is 21.8 Å². The van der Waals surface area contributed by atoms with E-state index >= 15 is 0 Å². The summed E-state index contributed by atoms with van der Waals surface area (Å²) in [6.07, 6.45) is 6.15. The van der Waals surface area contributed by atoms with E-state index in [-0.39, 0.29) is 40.7 Å². The number of rotatable bonds is 4. The summed E-state index contributed by atoms with van der Waals surface area (Å²) < 4.78 is 14.7. The number of aromatic hydroxyl groups is 1. The van der Waals surface area contributed by atoms with E-state index in [1.165, 1.54) is 11.3 Å². The first-order chi connectivity index (χ1) is 15.7. The van der Waals surface area contributed by atoms with Crippen LogP contribution >= 0.6 is 11.3 Å². The van der Waals surface area contributed by atoms with Crippen LogP contribution in [0.25, 0.3) is 0 Å². The van der Waals surface area contributed by atoms with Gasteiger partial charge in [-0.15, -0.1) is 11.3 Å². The summed E-state index contributed by atoms with van der Waals surface area (Å²) in [6, 6.07) is 1.74. The summed E-state index contributed by atoms with van der Waals surface area (Å²) in [5.74, 6) is -0.130. The number of ketones is 1. The Morgan fingerprint density at radius 2 is 2.21 bits per heavy atom. The Labute approximate surface area is 196 Å². The van der Waals surface area contributed by atoms with E-state index < -0.39 is 11.6 Å². The second-order valence-corrected chi connectivity index (χ2v) is 11.5. The van der Waals surface area contributed by atoms with Crippen molar-refractivity contribution in [3.63, 3.8) is 0 Å². The molecule has 3 unspecified atom stereocenters. The molecule has 4 N–H and O–H groups in total. The van der Waals surface area contributed by atoms with Crippen LogP contribution in [0, 0.1) is 35.9 Å². The number of Topliss-reactive ketones (excluding diaryl/α,β-unsaturated/α-hetero) is 1. The van der Waals surface area contributed by atoms with Crippen molar-refractivity contribution in [3.8, 4) is 5.75 Å². The van der Waals surface area contributed by atoms with Gasteiger partial charge in [0.05, 0.1) is 5.69 Å². The summed E-state index contributed by atoms with van der Waals surface area (Å²) in [7, 11) is 0. The number of benzene rings is 1. The van der Waals surface area contributed by atoms with Crippen LogP contribution in [0.15, 0.2) is 12.3 Å². The molecule has 2 aromatic rings. The number of anilines is 2. The highest BCUT2D eigenvalue weighted by Gasteiger charge is 2.58. The lowest BCUT2D eigenvalue weighted by molar-refractivity contribution is -0.129. The van der Waals surface area contributed by atoms with Crippen LogP contribution in [0.3, 0.4) is 0 Å². The lowest BCUT2D eigenvalue weighted by Crippen LogP contribution is -2.44. The summed E-state index contributed by atoms with van der Waals surface area (Å²) in [4.78, 5) is 30.9. The summed E-state index contributed by atoms with van der Waals surface area (Å²) >= 11 is 1.45. The second kappa shape index (κ2) is 8.08. The number of amides is 1. The van der Waals surface area contributed by atoms with Crippen LogP contribution in [0.4, 0.5) is 15.2 Å². The van der Waals surface area contributed by atoms with E-state index in [9.17, 15) is 19.1 Å². The van der Waals surface area contributed by atoms with E-state index in [1.807, 2.05) is 6.92 Å². The molecule has 5 atom stereocenters. The molecule has 1 heterocycles. The Balaban J connectivity index is 1.37. The van der Waals surface area contributed by atoms with E-state index in [2.05, 4.69) is 17.2 Å². The quantitative estimate of drug-likeness (QED) is 0.432. The Hall–Kier alpha value is -2.48. The van der Waals surface area contributed by atoms with Crippen molar-refractivity contribution < 1.29 is 19.1 Å². The maximum Gasteiger partial charge on any atom is 0.226 e. The molecule has 6 nitrogen and oxygen atoms in total. The van der Waals surface area contributed by atoms with Crippen molar-refractivity contribution in [1.29, 1.82) is 0 Å². The van der Waals surface area contributed by atoms with Crippen molar-refractivity contribution in [1.82, 2.24) is 4.98 Å². The van der Waals surface area contributed by atoms with Crippen molar-refractivity contribution in [3.05, 3.63) is 34.1 Å². The number of aryl methyl sites for hydroxylation is 1. The maximum atomic E-state index is 14.7. The summed E-state index contributed by atoms with van der Waals surface area (Å²) in [5.41, 5.74) is 7.07. The Bertz CT molecular complexity index is 1130. The van der Waals surface area contributed by atoms with Gasteiger partial charge in [0, 0.05) is 29.3 Å². The van der Waals surface area contributed by atoms with Gasteiger partial charge < -0.3 is 16.2 Å². The number of hydrogen-bond donors (Lipinski definition) is 3. The number of fused-ring (bicyclic) bond motifs is 5. The van der Waals surface area contributed by atoms with Crippen molar-refractivity contribution in [2.45, 2.75) is 64.7 Å². The fourth-order valence-electron chi connectivity index (χ4n) is 6.93. The smallest absolute Gasteiger partial charge is 0.226 e. The van der Waals surface area contributed by atoms with Gasteiger partial charge in [-0.2, -0.15) is 0 Å². The number of hydrogen-bond acceptors (Lipinski definition) is 6. The summed E-state index contributed by atoms with van der Waals surface area (Å²) in [5, 5.41) is 13.4. The molecule has 176 valence electrons. The average molecular weight is 472 g/mol. The van der Waals surface area contributed by atoms with Gasteiger partial charge in [-0.1, -0.05) is 6.92 Å². The molecule has 2 fully saturated rings. The number of nitrogens with two attached hydrogens (primary N) is 1. The highest BCUT2D eigenvalue weighted by molar-refractivity contribution is 7.15. The van der Waals surface area contributed by atoms with Crippen molar-refractivity contribution >= 4 is 33.8 Å². The number of carbonyl (C=O) groups excluding carboxylic acids is 2. The minimum Gasteiger partial charge on any atom is -0.503 e. The molecule has 1 aromatic carbocycles. The van der Waals surface area contributed by atoms with E-state index in [4.69, 9.17) is 5.73 Å². The maximum absolute atomic E-state index is 14.7. The molecule has 0 spiro atoms. The van der Waals surface area contributed by atoms with Crippen LogP contribution in [0.1, 0.15) is 67.4 Å². The first-order valence-corrected chi connectivity index (χ1v) is 12.6. The van der Waals surface area contributed by atoms with Crippen LogP contribution in [0.5, 0.6) is 5.75 Å². The predicted octanol–water partition coefficient (Wildman–Crippen LogP) is 4.95. The predicted molar refractivity (Wildman–Crippen MR) is 126 cm³/mol. The third-order valence-electron chi connectivity index (χ3n) is 8.42. The fraction of sp³-hybridized carbons (Fsp3) is 0.560. The van der Waals surface area contributed by atoms with Gasteiger partial charge in [-0.3, -0.25) is 9.59 Å². The number of thiazole rings is 1. The molecule has 8 heteroatoms. The minimum atomic E-state index is -0.593. The number of aromatic nitrogens is 1. The number of phenols is 1. The third kappa shape index (κ3) is 3.63. The van der Waals surface area contributed by atoms with Gasteiger partial charge in [0.15, 0.2) is 16.7 Å². The Morgan fingerprint density at radius 1 is 1.42 bits per heavy atom. The standard InChI is InChI=1S/C25H30FN3O3S/c1-12-11-28-24(33-12)29-20(31)6-3-13-9-19(30)25(2)8-7-14-15(21(13)25)4-5-16-17(14)10-18(27)23(32)22(16)26/h10-11,13-15,21,32H,3-9,27H2,1-2H3,(H,28,29,31)/t13-,14?,15?,21?,25-/m1/s1. The molecule has 0 saturated heterocycles. The molecule has 5 rings (SSSR count). The van der Waals surface area contributed by atoms with Gasteiger partial charge in [-0.05, 0) is 79.9 Å². The number of nitrogens with one attached hydrogen (secondary N) is 1. The average Bonchev–Trinajstić information content (AvgIpc) is 3.30. The molecule has 0 aliphatic heterocycles. The summed E-state index contributed by atoms with van der Waals surface area (Å²) in [6.45, 7) is 4.04. The van der Waals surface area contributed by atoms with Gasteiger partial charge in [0.2, 0.25) is 5.91 Å². The zero-order valence-electron chi connectivity index (χ0n) is 19.0. The highest BCUT2D eigenvalue weighted by Crippen LogP contribution is 2.62. The molecule has 2 saturated carbocycles. The number of phenolic OH excluding ortho intramolecular Hbond substituents is 1. The number of nitrogens with zero attached hydrogens (tertiary/aromatic N) is 1. The fourth-order valence-corrected chi connectivity index (χ4v) is 7.61. The number of nitrogen functional groups attached to an aromatic ring is 1. The molecule has 3 aliphatic carbocycles. The molecule has 33 heavy (non-hydrogen) atoms. The van der Waals surface area contributed by atoms with Crippen LogP contribution in [0.2, 0.25) is 0 Å². The minimum absolute atomic E-state index is 0.0722. The number of halogens is 1. The van der Waals surface area contributed by atoms with Crippen LogP contribution in [-0.2, 0) is 16.0 Å². The zero-order valence-corrected chi connectivity index (χ0v) is 19.8. The first kappa shape index (κ1) is 22.3. The van der Waals surface area contributed by atoms with E-state index in [0.717, 1.165) is 29.7 Å². The lowest BCUT2D eigenvalue weighted by Gasteiger charge is -2.50. The molecule has 1 amide bonds. The normalized spacial score (nSPS) is 30.5. The van der Waals surface area contributed by atoms with Gasteiger partial charge in [0.1, 0.15) is 5.78 Å². The van der Waals surface area contributed by atoms with Gasteiger partial charge >= 0.3 is 0 Å². The molecule has 1 aromatic heterocycles. The highest BCUT2D eigenvalue weighted by atomic mass is 32.1. The molecule has 0 bridgehead atoms. The number of carbonyl (C=O) groups is 2. The molecule has 0 radical (unpaired) electrons. The molecule has 3 aliphatic rings. The van der Waals surface area contributed by atoms with Gasteiger partial charge in [0.25, 0.3) is 0 Å². The van der Waals surface area contributed by atoms with Gasteiger partial charge in [-0.25, -0.2) is 9.37 Å². The zero-order chi connectivity index (χ0) is 23.5. The van der Waals surface area contributed by atoms with Crippen molar-refractivity contribution in [2.75, 3.05) is 11.1 Å². The lowest BCUT2D eigenvalue weighted by atomic mass is 9.54. The second-order valence-electron chi connectivity index (χ2n) is 10.2. The molecular weight excluding hydrogens is 441 g/mol. The topological polar surface area (TPSA) is 105 Å². The SMILES string of the molecule is Cc1cnc(NC(=O)CC[C@@H]2CC(=O)[C@@]3(C)CCC4c5cc(N)c(O)c(F)c5CCC4C23)s1. The third-order valence-corrected chi connectivity index (χ3v) is 9.25. The van der Waals surface area contributed by atoms with Crippen molar-refractivity contribution in [2.24, 2.45) is 23.2 Å². The Morgan fingerprint density at radius 3 is 2.94 bits per heavy atom. The largest absolute Gasteiger partial charge is 0.503 e. The Kier molecular flexibility index (Phi) is 5.46. The van der Waals surface area contributed by atoms with Crippen LogP contribution < -0.4 is 11.1 Å². The van der Waals surface area contributed by atoms with E-state index in [1.54, 1.807) is 12.3 Å². The van der Waals surface area contributed by atoms with E-state index in [0.29, 0.717) is 42.2 Å². The monoisotopic (exact) mass is 471 g/mol. The first-order valence-electron chi connectivity index (χ1n) is 11.7. The molecular formula is C25H30FN3O3S.